The molecular formula is C16H32BrN. The number of likely N-dealkylation sites (tertiary alicyclic amines) is 1. The summed E-state index contributed by atoms with van der Waals surface area (Å²) >= 11 is 3.75. The summed E-state index contributed by atoms with van der Waals surface area (Å²) in [5.74, 6) is 1.00. The summed E-state index contributed by atoms with van der Waals surface area (Å²) in [6.45, 7) is 11.0. The molecule has 1 rings (SSSR count). The molecule has 0 spiro atoms. The Bertz CT molecular complexity index is 205. The van der Waals surface area contributed by atoms with Gasteiger partial charge in [0, 0.05) is 11.9 Å². The van der Waals surface area contributed by atoms with Crippen LogP contribution in [-0.2, 0) is 0 Å². The van der Waals surface area contributed by atoms with Crippen molar-refractivity contribution >= 4 is 15.9 Å². The number of rotatable bonds is 7. The third kappa shape index (κ3) is 4.85. The monoisotopic (exact) mass is 317 g/mol. The first-order valence-corrected chi connectivity index (χ1v) is 9.10. The van der Waals surface area contributed by atoms with Gasteiger partial charge in [0.2, 0.25) is 0 Å². The maximum atomic E-state index is 3.75. The van der Waals surface area contributed by atoms with Crippen molar-refractivity contribution in [3.63, 3.8) is 0 Å². The highest BCUT2D eigenvalue weighted by Gasteiger charge is 2.28. The van der Waals surface area contributed by atoms with Gasteiger partial charge in [0.1, 0.15) is 0 Å². The smallest absolute Gasteiger partial charge is 0.01000 e. The van der Waals surface area contributed by atoms with Gasteiger partial charge >= 0.3 is 0 Å². The molecular weight excluding hydrogens is 286 g/mol. The molecule has 1 fully saturated rings. The summed E-state index contributed by atoms with van der Waals surface area (Å²) < 4.78 is 0. The van der Waals surface area contributed by atoms with E-state index in [4.69, 9.17) is 0 Å². The predicted octanol–water partition coefficient (Wildman–Crippen LogP) is 5.09. The van der Waals surface area contributed by atoms with Crippen LogP contribution < -0.4 is 0 Å². The normalized spacial score (nSPS) is 23.0. The minimum absolute atomic E-state index is 0.505. The van der Waals surface area contributed by atoms with Crippen LogP contribution in [0.5, 0.6) is 0 Å². The molecule has 18 heavy (non-hydrogen) atoms. The molecule has 1 saturated heterocycles. The lowest BCUT2D eigenvalue weighted by Crippen LogP contribution is -2.39. The van der Waals surface area contributed by atoms with Crippen molar-refractivity contribution < 1.29 is 0 Å². The van der Waals surface area contributed by atoms with Gasteiger partial charge < -0.3 is 4.90 Å². The summed E-state index contributed by atoms with van der Waals surface area (Å²) in [6.07, 6.45) is 9.70. The number of nitrogens with zero attached hydrogens (tertiary/aromatic N) is 1. The average Bonchev–Trinajstić information content (AvgIpc) is 2.62. The zero-order chi connectivity index (χ0) is 13.4. The van der Waals surface area contributed by atoms with Gasteiger partial charge in [-0.05, 0) is 56.5 Å². The molecule has 1 unspecified atom stereocenters. The van der Waals surface area contributed by atoms with Crippen LogP contribution in [0.2, 0.25) is 0 Å². The standard InChI is InChI=1S/C16H32BrN/c1-4-8-15-9-7-11-18(12-10-15)14-16(5-2,6-3)13-17/h15H,4-14H2,1-3H3. The molecule has 0 radical (unpaired) electrons. The van der Waals surface area contributed by atoms with Gasteiger partial charge in [-0.1, -0.05) is 49.5 Å². The van der Waals surface area contributed by atoms with E-state index in [2.05, 4.69) is 41.6 Å². The average molecular weight is 318 g/mol. The molecule has 1 heterocycles. The van der Waals surface area contributed by atoms with Crippen molar-refractivity contribution in [3.05, 3.63) is 0 Å². The Morgan fingerprint density at radius 2 is 1.83 bits per heavy atom. The molecule has 0 amide bonds. The summed E-state index contributed by atoms with van der Waals surface area (Å²) in [6, 6.07) is 0. The number of hydrogen-bond donors (Lipinski definition) is 0. The van der Waals surface area contributed by atoms with E-state index in [0.717, 1.165) is 11.2 Å². The van der Waals surface area contributed by atoms with E-state index in [9.17, 15) is 0 Å². The molecule has 1 aliphatic heterocycles. The van der Waals surface area contributed by atoms with Crippen molar-refractivity contribution in [1.82, 2.24) is 4.90 Å². The summed E-state index contributed by atoms with van der Waals surface area (Å²) in [7, 11) is 0. The Morgan fingerprint density at radius 3 is 2.39 bits per heavy atom. The molecule has 1 aliphatic rings. The Kier molecular flexibility index (Phi) is 7.86. The zero-order valence-corrected chi connectivity index (χ0v) is 14.3. The lowest BCUT2D eigenvalue weighted by atomic mass is 9.84. The van der Waals surface area contributed by atoms with Gasteiger partial charge in [0.25, 0.3) is 0 Å². The largest absolute Gasteiger partial charge is 0.303 e. The maximum absolute atomic E-state index is 3.75. The Hall–Kier alpha value is 0.440. The van der Waals surface area contributed by atoms with E-state index in [-0.39, 0.29) is 0 Å². The number of halogens is 1. The van der Waals surface area contributed by atoms with Crippen LogP contribution in [-0.4, -0.2) is 29.9 Å². The minimum Gasteiger partial charge on any atom is -0.303 e. The fourth-order valence-electron chi connectivity index (χ4n) is 3.26. The molecule has 0 aliphatic carbocycles. The van der Waals surface area contributed by atoms with Crippen molar-refractivity contribution in [2.24, 2.45) is 11.3 Å². The molecule has 0 saturated carbocycles. The maximum Gasteiger partial charge on any atom is 0.01000 e. The first-order valence-electron chi connectivity index (χ1n) is 7.98. The second-order valence-corrected chi connectivity index (χ2v) is 6.76. The molecule has 0 aromatic heterocycles. The Labute approximate surface area is 123 Å². The van der Waals surface area contributed by atoms with Gasteiger partial charge in [-0.2, -0.15) is 0 Å². The molecule has 108 valence electrons. The van der Waals surface area contributed by atoms with Crippen LogP contribution in [0.4, 0.5) is 0 Å². The van der Waals surface area contributed by atoms with E-state index in [1.165, 1.54) is 64.6 Å². The first-order chi connectivity index (χ1) is 8.69. The van der Waals surface area contributed by atoms with E-state index in [0.29, 0.717) is 5.41 Å². The fraction of sp³-hybridized carbons (Fsp3) is 1.00. The van der Waals surface area contributed by atoms with Crippen molar-refractivity contribution in [2.75, 3.05) is 25.0 Å². The molecule has 0 N–H and O–H groups in total. The minimum atomic E-state index is 0.505. The van der Waals surface area contributed by atoms with Gasteiger partial charge in [0.05, 0.1) is 0 Å². The van der Waals surface area contributed by atoms with Crippen molar-refractivity contribution in [2.45, 2.75) is 65.7 Å². The predicted molar refractivity (Wildman–Crippen MR) is 85.5 cm³/mol. The molecule has 1 atom stereocenters. The third-order valence-electron chi connectivity index (χ3n) is 4.98. The second kappa shape index (κ2) is 8.58. The zero-order valence-electron chi connectivity index (χ0n) is 12.7. The van der Waals surface area contributed by atoms with Crippen LogP contribution in [0.15, 0.2) is 0 Å². The topological polar surface area (TPSA) is 3.24 Å². The summed E-state index contributed by atoms with van der Waals surface area (Å²) in [4.78, 5) is 2.74. The summed E-state index contributed by atoms with van der Waals surface area (Å²) in [5, 5.41) is 1.15. The molecule has 0 aromatic rings. The molecule has 0 aromatic carbocycles. The fourth-order valence-corrected chi connectivity index (χ4v) is 4.23. The Balaban J connectivity index is 2.47. The molecule has 2 heteroatoms. The SMILES string of the molecule is CCCC1CCCN(CC(CC)(CC)CBr)CC1. The van der Waals surface area contributed by atoms with Crippen LogP contribution in [0.25, 0.3) is 0 Å². The summed E-state index contributed by atoms with van der Waals surface area (Å²) in [5.41, 5.74) is 0.505. The number of alkyl halides is 1. The lowest BCUT2D eigenvalue weighted by molar-refractivity contribution is 0.161. The van der Waals surface area contributed by atoms with Gasteiger partial charge in [-0.25, -0.2) is 0 Å². The van der Waals surface area contributed by atoms with Gasteiger partial charge in [-0.3, -0.25) is 0 Å². The highest BCUT2D eigenvalue weighted by molar-refractivity contribution is 9.09. The van der Waals surface area contributed by atoms with Gasteiger partial charge in [-0.15, -0.1) is 0 Å². The van der Waals surface area contributed by atoms with E-state index in [1.807, 2.05) is 0 Å². The van der Waals surface area contributed by atoms with E-state index < -0.39 is 0 Å². The van der Waals surface area contributed by atoms with Crippen molar-refractivity contribution in [1.29, 1.82) is 0 Å². The van der Waals surface area contributed by atoms with Crippen LogP contribution >= 0.6 is 15.9 Å². The lowest BCUT2D eigenvalue weighted by Gasteiger charge is -2.35. The molecule has 0 bridgehead atoms. The first kappa shape index (κ1) is 16.5. The highest BCUT2D eigenvalue weighted by Crippen LogP contribution is 2.31. The second-order valence-electron chi connectivity index (χ2n) is 6.20. The van der Waals surface area contributed by atoms with E-state index in [1.54, 1.807) is 0 Å². The Morgan fingerprint density at radius 1 is 1.11 bits per heavy atom. The number of hydrogen-bond acceptors (Lipinski definition) is 1. The van der Waals surface area contributed by atoms with Gasteiger partial charge in [0.15, 0.2) is 0 Å². The molecule has 1 nitrogen and oxygen atoms in total. The van der Waals surface area contributed by atoms with Crippen molar-refractivity contribution in [3.8, 4) is 0 Å². The quantitative estimate of drug-likeness (QED) is 0.591. The van der Waals surface area contributed by atoms with Crippen LogP contribution in [0.3, 0.4) is 0 Å². The third-order valence-corrected chi connectivity index (χ3v) is 6.17. The highest BCUT2D eigenvalue weighted by atomic mass is 79.9. The van der Waals surface area contributed by atoms with E-state index >= 15 is 0 Å². The van der Waals surface area contributed by atoms with Crippen LogP contribution in [0, 0.1) is 11.3 Å². The van der Waals surface area contributed by atoms with Crippen LogP contribution in [0.1, 0.15) is 65.7 Å².